The Bertz CT molecular complexity index is 258. The summed E-state index contributed by atoms with van der Waals surface area (Å²) in [5.74, 6) is 1.60. The molecule has 2 atom stereocenters. The van der Waals surface area contributed by atoms with Crippen molar-refractivity contribution < 1.29 is 4.74 Å². The fraction of sp³-hybridized carbons (Fsp3) is 0.917. The molecule has 3 nitrogen and oxygen atoms in total. The summed E-state index contributed by atoms with van der Waals surface area (Å²) in [6.45, 7) is 6.71. The number of ether oxygens (including phenoxy) is 1. The summed E-state index contributed by atoms with van der Waals surface area (Å²) in [6.07, 6.45) is 3.78. The zero-order chi connectivity index (χ0) is 10.1. The summed E-state index contributed by atoms with van der Waals surface area (Å²) in [7, 11) is 0. The van der Waals surface area contributed by atoms with Crippen LogP contribution in [0.15, 0.2) is 4.99 Å². The van der Waals surface area contributed by atoms with Crippen LogP contribution >= 0.6 is 0 Å². The molecule has 3 heterocycles. The van der Waals surface area contributed by atoms with E-state index in [1.54, 1.807) is 0 Å². The predicted octanol–water partition coefficient (Wildman–Crippen LogP) is 1.19. The first-order valence-corrected chi connectivity index (χ1v) is 6.25. The van der Waals surface area contributed by atoms with Gasteiger partial charge < -0.3 is 4.74 Å². The topological polar surface area (TPSA) is 24.8 Å². The third-order valence-electron chi connectivity index (χ3n) is 4.02. The van der Waals surface area contributed by atoms with Crippen molar-refractivity contribution in [2.75, 3.05) is 39.4 Å². The van der Waals surface area contributed by atoms with Crippen molar-refractivity contribution in [2.45, 2.75) is 19.3 Å². The average Bonchev–Trinajstić information content (AvgIpc) is 2.89. The summed E-state index contributed by atoms with van der Waals surface area (Å²) < 4.78 is 5.36. The lowest BCUT2D eigenvalue weighted by Crippen LogP contribution is -2.25. The second kappa shape index (κ2) is 4.22. The third-order valence-corrected chi connectivity index (χ3v) is 4.02. The van der Waals surface area contributed by atoms with Crippen LogP contribution in [0.4, 0.5) is 0 Å². The zero-order valence-electron chi connectivity index (χ0n) is 9.32. The highest BCUT2D eigenvalue weighted by Gasteiger charge is 2.34. The fourth-order valence-electron chi connectivity index (χ4n) is 2.96. The van der Waals surface area contributed by atoms with Crippen LogP contribution in [0, 0.1) is 11.8 Å². The zero-order valence-corrected chi connectivity index (χ0v) is 9.32. The van der Waals surface area contributed by atoms with Gasteiger partial charge in [-0.15, -0.1) is 0 Å². The fourth-order valence-corrected chi connectivity index (χ4v) is 2.96. The largest absolute Gasteiger partial charge is 0.381 e. The smallest absolute Gasteiger partial charge is 0.0469 e. The van der Waals surface area contributed by atoms with E-state index in [1.165, 1.54) is 38.1 Å². The molecule has 3 fully saturated rings. The molecule has 0 spiro atoms. The Balaban J connectivity index is 1.53. The first-order chi connectivity index (χ1) is 7.42. The molecular formula is C12H20N2O. The van der Waals surface area contributed by atoms with E-state index in [4.69, 9.17) is 9.73 Å². The van der Waals surface area contributed by atoms with Gasteiger partial charge in [0.1, 0.15) is 0 Å². The van der Waals surface area contributed by atoms with Crippen LogP contribution in [0.2, 0.25) is 0 Å². The van der Waals surface area contributed by atoms with E-state index in [0.717, 1.165) is 38.1 Å². The highest BCUT2D eigenvalue weighted by Crippen LogP contribution is 2.26. The quantitative estimate of drug-likeness (QED) is 0.681. The number of nitrogens with zero attached hydrogens (tertiary/aromatic N) is 2. The molecule has 0 saturated carbocycles. The second-order valence-electron chi connectivity index (χ2n) is 5.11. The van der Waals surface area contributed by atoms with Crippen molar-refractivity contribution in [1.29, 1.82) is 0 Å². The van der Waals surface area contributed by atoms with Gasteiger partial charge >= 0.3 is 0 Å². The Morgan fingerprint density at radius 2 is 2.13 bits per heavy atom. The molecular weight excluding hydrogens is 188 g/mol. The summed E-state index contributed by atoms with van der Waals surface area (Å²) in [6, 6.07) is 0. The van der Waals surface area contributed by atoms with E-state index < -0.39 is 0 Å². The van der Waals surface area contributed by atoms with Crippen molar-refractivity contribution in [3.63, 3.8) is 0 Å². The van der Waals surface area contributed by atoms with E-state index in [1.807, 2.05) is 0 Å². The maximum atomic E-state index is 5.36. The molecule has 0 aromatic carbocycles. The molecule has 84 valence electrons. The van der Waals surface area contributed by atoms with Gasteiger partial charge in [-0.25, -0.2) is 0 Å². The molecule has 0 aliphatic carbocycles. The van der Waals surface area contributed by atoms with Crippen LogP contribution in [0.5, 0.6) is 0 Å². The van der Waals surface area contributed by atoms with Crippen LogP contribution in [0.1, 0.15) is 19.3 Å². The van der Waals surface area contributed by atoms with Crippen molar-refractivity contribution in [1.82, 2.24) is 4.90 Å². The number of rotatable bonds is 2. The minimum Gasteiger partial charge on any atom is -0.381 e. The van der Waals surface area contributed by atoms with Crippen molar-refractivity contribution in [3.8, 4) is 0 Å². The standard InChI is InChI=1S/C12H20N2O/c1-4-14-8-11(1)12(9-14)13-7-10-2-5-15-6-3-10/h10-11H,1-9H2. The molecule has 3 saturated heterocycles. The Labute approximate surface area is 91.5 Å². The van der Waals surface area contributed by atoms with Gasteiger partial charge in [-0.05, 0) is 31.7 Å². The molecule has 3 aliphatic rings. The van der Waals surface area contributed by atoms with Crippen molar-refractivity contribution in [2.24, 2.45) is 16.8 Å². The highest BCUT2D eigenvalue weighted by atomic mass is 16.5. The molecule has 0 radical (unpaired) electrons. The Morgan fingerprint density at radius 1 is 1.27 bits per heavy atom. The molecule has 2 unspecified atom stereocenters. The molecule has 0 aromatic heterocycles. The summed E-state index contributed by atoms with van der Waals surface area (Å²) >= 11 is 0. The SMILES string of the molecule is C1CC(CN=C2CN3CCC2C3)CCO1. The maximum absolute atomic E-state index is 5.36. The van der Waals surface area contributed by atoms with E-state index in [9.17, 15) is 0 Å². The molecule has 3 heteroatoms. The normalized spacial score (nSPS) is 39.1. The number of aliphatic imine (C=N–C) groups is 1. The van der Waals surface area contributed by atoms with Crippen LogP contribution in [-0.4, -0.2) is 50.0 Å². The Morgan fingerprint density at radius 3 is 2.80 bits per heavy atom. The van der Waals surface area contributed by atoms with Gasteiger partial charge in [0.25, 0.3) is 0 Å². The van der Waals surface area contributed by atoms with Gasteiger partial charge in [-0.3, -0.25) is 9.89 Å². The minimum atomic E-state index is 0.792. The number of fused-ring (bicyclic) bond motifs is 2. The van der Waals surface area contributed by atoms with Gasteiger partial charge in [0, 0.05) is 44.5 Å². The molecule has 0 N–H and O–H groups in total. The van der Waals surface area contributed by atoms with Crippen LogP contribution in [0.25, 0.3) is 0 Å². The lowest BCUT2D eigenvalue weighted by atomic mass is 9.99. The van der Waals surface area contributed by atoms with Crippen molar-refractivity contribution in [3.05, 3.63) is 0 Å². The Kier molecular flexibility index (Phi) is 2.76. The summed E-state index contributed by atoms with van der Waals surface area (Å²) in [5, 5.41) is 0. The first kappa shape index (κ1) is 9.79. The Hall–Kier alpha value is -0.410. The lowest BCUT2D eigenvalue weighted by molar-refractivity contribution is 0.0689. The maximum Gasteiger partial charge on any atom is 0.0469 e. The van der Waals surface area contributed by atoms with Crippen LogP contribution in [0.3, 0.4) is 0 Å². The van der Waals surface area contributed by atoms with E-state index in [0.29, 0.717) is 0 Å². The highest BCUT2D eigenvalue weighted by molar-refractivity contribution is 5.91. The molecule has 2 bridgehead atoms. The van der Waals surface area contributed by atoms with E-state index in [-0.39, 0.29) is 0 Å². The minimum absolute atomic E-state index is 0.792. The van der Waals surface area contributed by atoms with Gasteiger partial charge in [0.2, 0.25) is 0 Å². The van der Waals surface area contributed by atoms with Crippen molar-refractivity contribution >= 4 is 5.71 Å². The lowest BCUT2D eigenvalue weighted by Gasteiger charge is -2.21. The molecule has 3 aliphatic heterocycles. The third kappa shape index (κ3) is 2.08. The monoisotopic (exact) mass is 208 g/mol. The average molecular weight is 208 g/mol. The second-order valence-corrected chi connectivity index (χ2v) is 5.11. The van der Waals surface area contributed by atoms with Gasteiger partial charge in [0.05, 0.1) is 0 Å². The van der Waals surface area contributed by atoms with Gasteiger partial charge in [-0.2, -0.15) is 0 Å². The number of piperidine rings is 1. The van der Waals surface area contributed by atoms with Crippen LogP contribution < -0.4 is 0 Å². The molecule has 0 amide bonds. The predicted molar refractivity (Wildman–Crippen MR) is 60.4 cm³/mol. The molecule has 3 rings (SSSR count). The number of hydrogen-bond acceptors (Lipinski definition) is 3. The van der Waals surface area contributed by atoms with E-state index in [2.05, 4.69) is 4.90 Å². The summed E-state index contributed by atoms with van der Waals surface area (Å²) in [4.78, 5) is 7.38. The molecule has 0 aromatic rings. The number of hydrogen-bond donors (Lipinski definition) is 0. The van der Waals surface area contributed by atoms with Crippen LogP contribution in [-0.2, 0) is 4.74 Å². The van der Waals surface area contributed by atoms with Gasteiger partial charge in [0.15, 0.2) is 0 Å². The van der Waals surface area contributed by atoms with Gasteiger partial charge in [-0.1, -0.05) is 0 Å². The molecule has 15 heavy (non-hydrogen) atoms. The first-order valence-electron chi connectivity index (χ1n) is 6.25. The van der Waals surface area contributed by atoms with E-state index >= 15 is 0 Å². The summed E-state index contributed by atoms with van der Waals surface area (Å²) in [5.41, 5.74) is 1.49.